The van der Waals surface area contributed by atoms with Gasteiger partial charge in [0.05, 0.1) is 25.7 Å². The first kappa shape index (κ1) is 58.0. The third-order valence-corrected chi connectivity index (χ3v) is 21.9. The van der Waals surface area contributed by atoms with Crippen molar-refractivity contribution in [3.8, 4) is 34.1 Å². The molecule has 4 bridgehead atoms. The van der Waals surface area contributed by atoms with Crippen LogP contribution in [0.1, 0.15) is 136 Å². The predicted octanol–water partition coefficient (Wildman–Crippen LogP) is 16.2. The first-order valence-corrected chi connectivity index (χ1v) is 32.4. The number of aryl methyl sites for hydroxylation is 2. The molecule has 10 unspecified atom stereocenters. The summed E-state index contributed by atoms with van der Waals surface area (Å²) >= 11 is 3.58. The van der Waals surface area contributed by atoms with E-state index in [1.54, 1.807) is 32.9 Å². The summed E-state index contributed by atoms with van der Waals surface area (Å²) in [4.78, 5) is 34.2. The third-order valence-electron chi connectivity index (χ3n) is 20.1. The van der Waals surface area contributed by atoms with Crippen molar-refractivity contribution in [2.24, 2.45) is 47.3 Å². The standard InChI is InChI=1S/C30H26O3.C21H24O3.C21H32O2S2/c1-19-17-22(13-15-28(19)32-4)30(23-14-16-29(20(2)18-23)33-21(3)31)26-11-7-5-9-24(26)25-10-6-8-12-27(25)30;1-16(22)24-20-12-8-18(9-13-20)21(14-4-3-5-15-21)17-6-10-19(23-2)11-7-17;1-11(22)25-13-8-14-15(9-13)17-10-16(14)20-12-6-18(21(17)20)19(7-12)23-4-3-5-24-2/h5-18H,1-4H3;6-13H,3-5,14-15H2,1-2H3;12-21H,3-10H2,1-2H3. The maximum absolute atomic E-state index is 11.6. The number of carbonyl (C=O) groups excluding carboxylic acids is 3. The van der Waals surface area contributed by atoms with Gasteiger partial charge in [-0.3, -0.25) is 14.4 Å². The van der Waals surface area contributed by atoms with E-state index in [2.05, 4.69) is 116 Å². The van der Waals surface area contributed by atoms with Crippen molar-refractivity contribution in [2.45, 2.75) is 127 Å². The summed E-state index contributed by atoms with van der Waals surface area (Å²) in [6, 6.07) is 46.3. The van der Waals surface area contributed by atoms with E-state index in [0.29, 0.717) is 28.0 Å². The molecule has 0 amide bonds. The van der Waals surface area contributed by atoms with Gasteiger partial charge in [-0.1, -0.05) is 128 Å². The maximum Gasteiger partial charge on any atom is 0.308 e. The van der Waals surface area contributed by atoms with Crippen molar-refractivity contribution < 1.29 is 38.1 Å². The molecule has 82 heavy (non-hydrogen) atoms. The molecule has 7 aliphatic rings. The molecule has 0 N–H and O–H groups in total. The SMILES string of the molecule is COc1ccc(C2(c3ccc(OC(C)=O)c(C)c3)c3ccccc3-c3ccccc32)cc1C.COc1ccc(C2(c3ccc(OC(C)=O)cc3)CCCCC2)cc1.CSCCCOC1CC2CC1C1C3CC(C4CC(SC(C)=O)CC43)C21. The van der Waals surface area contributed by atoms with Crippen LogP contribution in [-0.4, -0.2) is 61.2 Å². The maximum atomic E-state index is 11.6. The highest BCUT2D eigenvalue weighted by atomic mass is 32.2. The Morgan fingerprint density at radius 1 is 0.549 bits per heavy atom. The van der Waals surface area contributed by atoms with Crippen molar-refractivity contribution in [3.05, 3.63) is 178 Å². The van der Waals surface area contributed by atoms with Crippen molar-refractivity contribution in [2.75, 3.05) is 32.8 Å². The molecular weight excluding hydrogens is 1060 g/mol. The minimum atomic E-state index is -0.496. The molecule has 430 valence electrons. The molecule has 0 heterocycles. The molecule has 10 atom stereocenters. The average Bonchev–Trinajstić information content (AvgIpc) is 3.23. The highest BCUT2D eigenvalue weighted by molar-refractivity contribution is 8.14. The van der Waals surface area contributed by atoms with E-state index in [4.69, 9.17) is 23.7 Å². The van der Waals surface area contributed by atoms with Crippen molar-refractivity contribution in [1.82, 2.24) is 0 Å². The first-order valence-electron chi connectivity index (χ1n) is 30.1. The lowest BCUT2D eigenvalue weighted by atomic mass is 9.64. The average molecular weight is 1140 g/mol. The van der Waals surface area contributed by atoms with Gasteiger partial charge in [0.1, 0.15) is 23.0 Å². The van der Waals surface area contributed by atoms with E-state index in [0.717, 1.165) is 95.0 Å². The fourth-order valence-electron chi connectivity index (χ4n) is 17.3. The summed E-state index contributed by atoms with van der Waals surface area (Å²) in [7, 11) is 3.40. The summed E-state index contributed by atoms with van der Waals surface area (Å²) in [5.41, 5.74) is 11.5. The Labute approximate surface area is 495 Å². The molecule has 0 radical (unpaired) electrons. The molecule has 6 fully saturated rings. The van der Waals surface area contributed by atoms with Crippen molar-refractivity contribution >= 4 is 40.6 Å². The molecule has 0 aromatic heterocycles. The van der Waals surface area contributed by atoms with Crippen LogP contribution < -0.4 is 18.9 Å². The van der Waals surface area contributed by atoms with E-state index in [1.807, 2.05) is 49.0 Å². The van der Waals surface area contributed by atoms with Gasteiger partial charge >= 0.3 is 11.9 Å². The quantitative estimate of drug-likeness (QED) is 0.0453. The van der Waals surface area contributed by atoms with Crippen LogP contribution in [0.3, 0.4) is 0 Å². The second kappa shape index (κ2) is 24.8. The van der Waals surface area contributed by atoms with Gasteiger partial charge < -0.3 is 23.7 Å². The van der Waals surface area contributed by atoms with Crippen LogP contribution in [-0.2, 0) is 30.0 Å². The van der Waals surface area contributed by atoms with Crippen LogP contribution in [0, 0.1) is 61.2 Å². The molecule has 0 aliphatic heterocycles. The van der Waals surface area contributed by atoms with Crippen LogP contribution in [0.5, 0.6) is 23.0 Å². The predicted molar refractivity (Wildman–Crippen MR) is 331 cm³/mol. The Hall–Kier alpha value is -5.81. The van der Waals surface area contributed by atoms with Gasteiger partial charge in [0.25, 0.3) is 0 Å². The fourth-order valence-corrected chi connectivity index (χ4v) is 18.8. The number of rotatable bonds is 14. The van der Waals surface area contributed by atoms with Gasteiger partial charge in [-0.05, 0) is 217 Å². The number of fused-ring (bicyclic) bond motifs is 15. The lowest BCUT2D eigenvalue weighted by Gasteiger charge is -2.43. The molecule has 0 spiro atoms. The minimum absolute atomic E-state index is 0.0409. The summed E-state index contributed by atoms with van der Waals surface area (Å²) in [6.45, 7) is 9.65. The van der Waals surface area contributed by atoms with E-state index in [1.165, 1.54) is 116 Å². The first-order chi connectivity index (χ1) is 39.8. The lowest BCUT2D eigenvalue weighted by molar-refractivity contribution is -0.132. The molecule has 6 saturated carbocycles. The molecule has 8 nitrogen and oxygen atoms in total. The van der Waals surface area contributed by atoms with Gasteiger partial charge in [0.15, 0.2) is 5.12 Å². The zero-order chi connectivity index (χ0) is 57.3. The zero-order valence-corrected chi connectivity index (χ0v) is 50.9. The zero-order valence-electron chi connectivity index (χ0n) is 49.3. The van der Waals surface area contributed by atoms with E-state index in [-0.39, 0.29) is 17.4 Å². The summed E-state index contributed by atoms with van der Waals surface area (Å²) < 4.78 is 27.8. The second-order valence-corrected chi connectivity index (χ2v) is 27.0. The van der Waals surface area contributed by atoms with Crippen molar-refractivity contribution in [1.29, 1.82) is 0 Å². The summed E-state index contributed by atoms with van der Waals surface area (Å²) in [5, 5.41) is 0.962. The minimum Gasteiger partial charge on any atom is -0.497 e. The summed E-state index contributed by atoms with van der Waals surface area (Å²) in [6.07, 6.45) is 17.1. The number of esters is 2. The van der Waals surface area contributed by atoms with Crippen LogP contribution >= 0.6 is 23.5 Å². The highest BCUT2D eigenvalue weighted by Crippen LogP contribution is 2.73. The van der Waals surface area contributed by atoms with Crippen molar-refractivity contribution in [3.63, 3.8) is 0 Å². The molecule has 13 rings (SSSR count). The van der Waals surface area contributed by atoms with Gasteiger partial charge in [0.2, 0.25) is 0 Å². The Bertz CT molecular complexity index is 3210. The molecule has 6 aromatic carbocycles. The number of carbonyl (C=O) groups is 3. The van der Waals surface area contributed by atoms with E-state index in [9.17, 15) is 14.4 Å². The van der Waals surface area contributed by atoms with Crippen LogP contribution in [0.4, 0.5) is 0 Å². The van der Waals surface area contributed by atoms with Crippen LogP contribution in [0.25, 0.3) is 11.1 Å². The van der Waals surface area contributed by atoms with E-state index >= 15 is 0 Å². The fraction of sp³-hybridized carbons (Fsp3) is 0.458. The number of ether oxygens (including phenoxy) is 5. The topological polar surface area (TPSA) is 97.4 Å². The Morgan fingerprint density at radius 2 is 1.10 bits per heavy atom. The molecule has 0 saturated heterocycles. The van der Waals surface area contributed by atoms with Gasteiger partial charge in [0, 0.05) is 38.0 Å². The van der Waals surface area contributed by atoms with Gasteiger partial charge in [-0.25, -0.2) is 0 Å². The number of hydrogen-bond acceptors (Lipinski definition) is 10. The number of hydrogen-bond donors (Lipinski definition) is 0. The highest BCUT2D eigenvalue weighted by Gasteiger charge is 2.69. The molecule has 7 aliphatic carbocycles. The largest absolute Gasteiger partial charge is 0.497 e. The number of benzene rings is 6. The van der Waals surface area contributed by atoms with Crippen LogP contribution in [0.2, 0.25) is 0 Å². The third kappa shape index (κ3) is 11.0. The number of thioether (sulfide) groups is 2. The van der Waals surface area contributed by atoms with Gasteiger partial charge in [-0.2, -0.15) is 11.8 Å². The Balaban J connectivity index is 0.000000131. The lowest BCUT2D eigenvalue weighted by Crippen LogP contribution is -2.41. The smallest absolute Gasteiger partial charge is 0.308 e. The van der Waals surface area contributed by atoms with E-state index < -0.39 is 5.41 Å². The second-order valence-electron chi connectivity index (χ2n) is 24.5. The Morgan fingerprint density at radius 3 is 1.63 bits per heavy atom. The summed E-state index contributed by atoms with van der Waals surface area (Å²) in [5.74, 6) is 11.3. The monoisotopic (exact) mass is 1140 g/mol. The van der Waals surface area contributed by atoms with Gasteiger partial charge in [-0.15, -0.1) is 0 Å². The number of methoxy groups -OCH3 is 2. The normalized spacial score (nSPS) is 26.0. The molecule has 10 heteroatoms. The van der Waals surface area contributed by atoms with Crippen LogP contribution in [0.15, 0.2) is 133 Å². The molecule has 6 aromatic rings. The molecular formula is C72H82O8S2. The Kier molecular flexibility index (Phi) is 17.5.